The number of nitrogens with one attached hydrogen (secondary N) is 2. The number of anilines is 2. The summed E-state index contributed by atoms with van der Waals surface area (Å²) in [5, 5.41) is 7.38. The van der Waals surface area contributed by atoms with Gasteiger partial charge < -0.3 is 10.6 Å². The normalized spacial score (nSPS) is 12.0. The molecular weight excluding hydrogens is 295 g/mol. The van der Waals surface area contributed by atoms with Crippen LogP contribution >= 0.6 is 23.2 Å². The van der Waals surface area contributed by atoms with Crippen molar-refractivity contribution in [3.63, 3.8) is 0 Å². The van der Waals surface area contributed by atoms with Gasteiger partial charge in [0, 0.05) is 18.9 Å². The second-order valence-corrected chi connectivity index (χ2v) is 5.15. The Morgan fingerprint density at radius 3 is 2.65 bits per heavy atom. The van der Waals surface area contributed by atoms with Gasteiger partial charge in [-0.15, -0.1) is 0 Å². The van der Waals surface area contributed by atoms with Crippen LogP contribution in [-0.4, -0.2) is 16.5 Å². The molecule has 6 heteroatoms. The first kappa shape index (κ1) is 14.9. The van der Waals surface area contributed by atoms with Gasteiger partial charge in [-0.25, -0.2) is 4.98 Å². The summed E-state index contributed by atoms with van der Waals surface area (Å²) in [5.41, 5.74) is 1.06. The van der Waals surface area contributed by atoms with Gasteiger partial charge in [-0.1, -0.05) is 29.3 Å². The lowest BCUT2D eigenvalue weighted by atomic mass is 10.1. The summed E-state index contributed by atoms with van der Waals surface area (Å²) in [7, 11) is 0. The molecule has 0 aliphatic carbocycles. The highest BCUT2D eigenvalue weighted by Gasteiger charge is 2.12. The minimum absolute atomic E-state index is 0.0457. The minimum Gasteiger partial charge on any atom is -0.369 e. The van der Waals surface area contributed by atoms with Crippen molar-refractivity contribution in [3.8, 4) is 0 Å². The van der Waals surface area contributed by atoms with E-state index in [9.17, 15) is 0 Å². The van der Waals surface area contributed by atoms with Crippen molar-refractivity contribution < 1.29 is 0 Å². The first-order valence-corrected chi connectivity index (χ1v) is 7.13. The zero-order chi connectivity index (χ0) is 14.5. The molecule has 0 bridgehead atoms. The van der Waals surface area contributed by atoms with Gasteiger partial charge in [0.2, 0.25) is 0 Å². The van der Waals surface area contributed by atoms with Crippen LogP contribution in [0.3, 0.4) is 0 Å². The fraction of sp³-hybridized carbons (Fsp3) is 0.286. The molecule has 0 aromatic carbocycles. The molecule has 1 atom stereocenters. The van der Waals surface area contributed by atoms with E-state index in [1.165, 1.54) is 0 Å². The van der Waals surface area contributed by atoms with Crippen LogP contribution < -0.4 is 10.6 Å². The van der Waals surface area contributed by atoms with E-state index in [4.69, 9.17) is 23.2 Å². The maximum atomic E-state index is 6.18. The molecule has 2 aromatic heterocycles. The van der Waals surface area contributed by atoms with Crippen LogP contribution in [0.1, 0.15) is 25.5 Å². The van der Waals surface area contributed by atoms with Crippen molar-refractivity contribution in [3.05, 3.63) is 46.2 Å². The van der Waals surface area contributed by atoms with Crippen molar-refractivity contribution in [1.82, 2.24) is 9.97 Å². The molecule has 106 valence electrons. The van der Waals surface area contributed by atoms with Crippen LogP contribution in [0.5, 0.6) is 0 Å². The van der Waals surface area contributed by atoms with Crippen LogP contribution in [0.4, 0.5) is 11.6 Å². The van der Waals surface area contributed by atoms with Gasteiger partial charge in [0.05, 0.1) is 16.1 Å². The van der Waals surface area contributed by atoms with Crippen LogP contribution in [0, 0.1) is 0 Å². The minimum atomic E-state index is 0.0457. The topological polar surface area (TPSA) is 49.8 Å². The molecule has 1 unspecified atom stereocenters. The van der Waals surface area contributed by atoms with E-state index in [0.29, 0.717) is 21.7 Å². The molecule has 2 rings (SSSR count). The Kier molecular flexibility index (Phi) is 5.04. The molecule has 20 heavy (non-hydrogen) atoms. The highest BCUT2D eigenvalue weighted by molar-refractivity contribution is 6.37. The smallest absolute Gasteiger partial charge is 0.147 e. The number of aromatic nitrogens is 2. The molecule has 2 heterocycles. The quantitative estimate of drug-likeness (QED) is 0.860. The predicted octanol–water partition coefficient (Wildman–Crippen LogP) is 4.39. The highest BCUT2D eigenvalue weighted by Crippen LogP contribution is 2.31. The van der Waals surface area contributed by atoms with Gasteiger partial charge in [0.1, 0.15) is 11.6 Å². The van der Waals surface area contributed by atoms with Crippen LogP contribution in [0.15, 0.2) is 30.6 Å². The van der Waals surface area contributed by atoms with Crippen molar-refractivity contribution in [2.24, 2.45) is 0 Å². The molecule has 2 N–H and O–H groups in total. The molecule has 0 fully saturated rings. The molecule has 2 aromatic rings. The van der Waals surface area contributed by atoms with Crippen LogP contribution in [0.25, 0.3) is 0 Å². The van der Waals surface area contributed by atoms with Gasteiger partial charge in [0.15, 0.2) is 0 Å². The summed E-state index contributed by atoms with van der Waals surface area (Å²) in [6.45, 7) is 4.75. The van der Waals surface area contributed by atoms with Gasteiger partial charge in [-0.2, -0.15) is 0 Å². The number of hydrogen-bond acceptors (Lipinski definition) is 4. The van der Waals surface area contributed by atoms with Crippen molar-refractivity contribution >= 4 is 34.8 Å². The van der Waals surface area contributed by atoms with Gasteiger partial charge in [-0.3, -0.25) is 4.98 Å². The summed E-state index contributed by atoms with van der Waals surface area (Å²) in [4.78, 5) is 8.52. The standard InChI is InChI=1S/C14H16Cl2N4/c1-3-18-13-11(15)7-12(16)14(20-13)19-9(2)10-5-4-6-17-8-10/h4-9H,3H2,1-2H3,(H2,18,19,20). The van der Waals surface area contributed by atoms with Crippen molar-refractivity contribution in [2.45, 2.75) is 19.9 Å². The Morgan fingerprint density at radius 2 is 2.00 bits per heavy atom. The molecule has 0 saturated heterocycles. The van der Waals surface area contributed by atoms with E-state index in [1.807, 2.05) is 32.2 Å². The molecule has 0 aliphatic rings. The molecule has 0 aliphatic heterocycles. The van der Waals surface area contributed by atoms with Crippen LogP contribution in [0.2, 0.25) is 10.0 Å². The Morgan fingerprint density at radius 1 is 1.25 bits per heavy atom. The maximum Gasteiger partial charge on any atom is 0.147 e. The number of nitrogens with zero attached hydrogens (tertiary/aromatic N) is 2. The second kappa shape index (κ2) is 6.77. The third-order valence-electron chi connectivity index (χ3n) is 2.81. The lowest BCUT2D eigenvalue weighted by molar-refractivity contribution is 0.866. The number of halogens is 2. The summed E-state index contributed by atoms with van der Waals surface area (Å²) in [6.07, 6.45) is 3.56. The van der Waals surface area contributed by atoms with E-state index >= 15 is 0 Å². The summed E-state index contributed by atoms with van der Waals surface area (Å²) >= 11 is 12.3. The zero-order valence-corrected chi connectivity index (χ0v) is 12.8. The Bertz CT molecular complexity index is 575. The molecular formula is C14H16Cl2N4. The van der Waals surface area contributed by atoms with Crippen LogP contribution in [-0.2, 0) is 0 Å². The van der Waals surface area contributed by atoms with Gasteiger partial charge in [0.25, 0.3) is 0 Å². The van der Waals surface area contributed by atoms with E-state index in [-0.39, 0.29) is 6.04 Å². The van der Waals surface area contributed by atoms with Gasteiger partial charge >= 0.3 is 0 Å². The lowest BCUT2D eigenvalue weighted by Crippen LogP contribution is -2.10. The highest BCUT2D eigenvalue weighted by atomic mass is 35.5. The Balaban J connectivity index is 2.22. The summed E-state index contributed by atoms with van der Waals surface area (Å²) in [5.74, 6) is 1.22. The van der Waals surface area contributed by atoms with E-state index in [1.54, 1.807) is 12.3 Å². The first-order valence-electron chi connectivity index (χ1n) is 6.38. The first-order chi connectivity index (χ1) is 9.61. The van der Waals surface area contributed by atoms with E-state index in [2.05, 4.69) is 20.6 Å². The number of hydrogen-bond donors (Lipinski definition) is 2. The average Bonchev–Trinajstić information content (AvgIpc) is 2.45. The maximum absolute atomic E-state index is 6.18. The number of pyridine rings is 2. The fourth-order valence-electron chi connectivity index (χ4n) is 1.78. The fourth-order valence-corrected chi connectivity index (χ4v) is 2.26. The molecule has 0 amide bonds. The molecule has 0 radical (unpaired) electrons. The van der Waals surface area contributed by atoms with Gasteiger partial charge in [-0.05, 0) is 31.5 Å². The average molecular weight is 311 g/mol. The largest absolute Gasteiger partial charge is 0.369 e. The monoisotopic (exact) mass is 310 g/mol. The Hall–Kier alpha value is -1.52. The van der Waals surface area contributed by atoms with E-state index < -0.39 is 0 Å². The van der Waals surface area contributed by atoms with Crippen molar-refractivity contribution in [2.75, 3.05) is 17.2 Å². The third-order valence-corrected chi connectivity index (χ3v) is 3.39. The second-order valence-electron chi connectivity index (χ2n) is 4.33. The molecule has 4 nitrogen and oxygen atoms in total. The Labute approximate surface area is 128 Å². The predicted molar refractivity (Wildman–Crippen MR) is 84.7 cm³/mol. The van der Waals surface area contributed by atoms with E-state index in [0.717, 1.165) is 12.1 Å². The summed E-state index contributed by atoms with van der Waals surface area (Å²) < 4.78 is 0. The summed E-state index contributed by atoms with van der Waals surface area (Å²) in [6, 6.07) is 5.63. The molecule has 0 spiro atoms. The SMILES string of the molecule is CCNc1nc(NC(C)c2cccnc2)c(Cl)cc1Cl. The zero-order valence-electron chi connectivity index (χ0n) is 11.3. The third kappa shape index (κ3) is 3.52. The number of rotatable bonds is 5. The van der Waals surface area contributed by atoms with Crippen molar-refractivity contribution in [1.29, 1.82) is 0 Å². The lowest BCUT2D eigenvalue weighted by Gasteiger charge is -2.17. The molecule has 0 saturated carbocycles.